The monoisotopic (exact) mass is 291 g/mol. The number of aromatic amines is 1. The van der Waals surface area contributed by atoms with E-state index in [4.69, 9.17) is 5.11 Å². The van der Waals surface area contributed by atoms with E-state index in [1.54, 1.807) is 19.1 Å². The van der Waals surface area contributed by atoms with Gasteiger partial charge in [0.2, 0.25) is 0 Å². The lowest BCUT2D eigenvalue weighted by Gasteiger charge is -2.13. The van der Waals surface area contributed by atoms with Crippen LogP contribution in [0.1, 0.15) is 33.5 Å². The number of H-pyrrole nitrogens is 1. The molecule has 1 unspecified atom stereocenters. The van der Waals surface area contributed by atoms with Crippen LogP contribution >= 0.6 is 0 Å². The number of carboxylic acids is 1. The van der Waals surface area contributed by atoms with Crippen molar-refractivity contribution in [3.05, 3.63) is 53.4 Å². The van der Waals surface area contributed by atoms with E-state index in [2.05, 4.69) is 15.3 Å². The highest BCUT2D eigenvalue weighted by molar-refractivity contribution is 6.02. The van der Waals surface area contributed by atoms with Crippen molar-refractivity contribution in [2.24, 2.45) is 0 Å². The van der Waals surface area contributed by atoms with Gasteiger partial charge in [0.05, 0.1) is 6.33 Å². The largest absolute Gasteiger partial charge is 0.477 e. The molecule has 0 saturated carbocycles. The van der Waals surface area contributed by atoms with E-state index in [0.717, 1.165) is 11.9 Å². The Kier molecular flexibility index (Phi) is 4.32. The molecule has 2 aromatic rings. The van der Waals surface area contributed by atoms with Crippen LogP contribution in [-0.4, -0.2) is 33.0 Å². The highest BCUT2D eigenvalue weighted by atomic mass is 19.1. The van der Waals surface area contributed by atoms with Gasteiger partial charge >= 0.3 is 5.97 Å². The van der Waals surface area contributed by atoms with Crippen molar-refractivity contribution in [1.82, 2.24) is 15.3 Å². The first-order valence-corrected chi connectivity index (χ1v) is 6.29. The number of aromatic nitrogens is 2. The zero-order valence-corrected chi connectivity index (χ0v) is 11.3. The molecule has 0 bridgehead atoms. The summed E-state index contributed by atoms with van der Waals surface area (Å²) in [6, 6.07) is 5.71. The quantitative estimate of drug-likeness (QED) is 0.780. The molecule has 6 nitrogen and oxygen atoms in total. The van der Waals surface area contributed by atoms with Crippen LogP contribution in [0.4, 0.5) is 4.39 Å². The average Bonchev–Trinajstić information content (AvgIpc) is 2.91. The molecule has 0 aliphatic carbocycles. The molecule has 0 fully saturated rings. The zero-order valence-electron chi connectivity index (χ0n) is 11.3. The third-order valence-corrected chi connectivity index (χ3v) is 2.90. The molecule has 0 radical (unpaired) electrons. The van der Waals surface area contributed by atoms with Gasteiger partial charge in [-0.3, -0.25) is 4.79 Å². The van der Waals surface area contributed by atoms with E-state index >= 15 is 0 Å². The minimum Gasteiger partial charge on any atom is -0.477 e. The molecule has 21 heavy (non-hydrogen) atoms. The lowest BCUT2D eigenvalue weighted by molar-refractivity contribution is 0.0684. The Hall–Kier alpha value is -2.70. The molecule has 1 atom stereocenters. The Labute approximate surface area is 120 Å². The van der Waals surface area contributed by atoms with Crippen LogP contribution in [0.15, 0.2) is 30.6 Å². The first-order chi connectivity index (χ1) is 9.97. The van der Waals surface area contributed by atoms with Gasteiger partial charge in [0.15, 0.2) is 11.4 Å². The first-order valence-electron chi connectivity index (χ1n) is 6.29. The minimum atomic E-state index is -1.25. The summed E-state index contributed by atoms with van der Waals surface area (Å²) in [5.74, 6) is -2.13. The number of carbonyl (C=O) groups is 2. The van der Waals surface area contributed by atoms with E-state index in [9.17, 15) is 14.0 Å². The van der Waals surface area contributed by atoms with E-state index in [1.165, 1.54) is 12.1 Å². The number of carbonyl (C=O) groups excluding carboxylic acids is 1. The number of nitrogens with one attached hydrogen (secondary N) is 2. The number of hydrogen-bond acceptors (Lipinski definition) is 3. The summed E-state index contributed by atoms with van der Waals surface area (Å²) >= 11 is 0. The number of rotatable bonds is 5. The Morgan fingerprint density at radius 1 is 1.38 bits per heavy atom. The molecule has 0 aliphatic heterocycles. The second-order valence-corrected chi connectivity index (χ2v) is 4.64. The molecule has 2 rings (SSSR count). The topological polar surface area (TPSA) is 95.1 Å². The van der Waals surface area contributed by atoms with Crippen molar-refractivity contribution < 1.29 is 19.1 Å². The van der Waals surface area contributed by atoms with Gasteiger partial charge in [-0.15, -0.1) is 0 Å². The number of hydrogen-bond donors (Lipinski definition) is 3. The van der Waals surface area contributed by atoms with Crippen LogP contribution < -0.4 is 5.32 Å². The molecule has 110 valence electrons. The fourth-order valence-corrected chi connectivity index (χ4v) is 1.95. The summed E-state index contributed by atoms with van der Waals surface area (Å²) in [6.45, 7) is 1.77. The summed E-state index contributed by atoms with van der Waals surface area (Å²) in [7, 11) is 0. The Morgan fingerprint density at radius 2 is 2.05 bits per heavy atom. The van der Waals surface area contributed by atoms with Crippen LogP contribution in [-0.2, 0) is 6.42 Å². The predicted octanol–water partition coefficient (Wildman–Crippen LogP) is 1.61. The van der Waals surface area contributed by atoms with Crippen LogP contribution in [0.5, 0.6) is 0 Å². The van der Waals surface area contributed by atoms with Gasteiger partial charge in [-0.05, 0) is 31.0 Å². The number of nitrogens with zero attached hydrogens (tertiary/aromatic N) is 1. The average molecular weight is 291 g/mol. The Bertz CT molecular complexity index is 652. The molecule has 7 heteroatoms. The van der Waals surface area contributed by atoms with Crippen LogP contribution in [0.3, 0.4) is 0 Å². The van der Waals surface area contributed by atoms with E-state index in [-0.39, 0.29) is 23.2 Å². The van der Waals surface area contributed by atoms with Crippen molar-refractivity contribution in [2.45, 2.75) is 19.4 Å². The molecule has 0 spiro atoms. The molecular formula is C14H14FN3O3. The second-order valence-electron chi connectivity index (χ2n) is 4.64. The number of halogens is 1. The predicted molar refractivity (Wildman–Crippen MR) is 72.6 cm³/mol. The Morgan fingerprint density at radius 3 is 2.67 bits per heavy atom. The van der Waals surface area contributed by atoms with Crippen molar-refractivity contribution in [3.8, 4) is 0 Å². The summed E-state index contributed by atoms with van der Waals surface area (Å²) in [5, 5.41) is 11.6. The zero-order chi connectivity index (χ0) is 15.4. The van der Waals surface area contributed by atoms with Gasteiger partial charge in [-0.25, -0.2) is 14.2 Å². The van der Waals surface area contributed by atoms with Crippen molar-refractivity contribution >= 4 is 11.9 Å². The Balaban J connectivity index is 2.00. The molecule has 0 aliphatic rings. The highest BCUT2D eigenvalue weighted by Gasteiger charge is 2.20. The molecule has 3 N–H and O–H groups in total. The third-order valence-electron chi connectivity index (χ3n) is 2.90. The van der Waals surface area contributed by atoms with E-state index in [0.29, 0.717) is 6.42 Å². The first kappa shape index (κ1) is 14.7. The van der Waals surface area contributed by atoms with Crippen LogP contribution in [0.2, 0.25) is 0 Å². The lowest BCUT2D eigenvalue weighted by Crippen LogP contribution is -2.35. The summed E-state index contributed by atoms with van der Waals surface area (Å²) in [5.41, 5.74) is 0.458. The number of aromatic carboxylic acids is 1. The molecule has 1 aromatic carbocycles. The number of carboxylic acid groups (broad SMARTS) is 1. The maximum Gasteiger partial charge on any atom is 0.354 e. The standard InChI is InChI=1S/C14H14FN3O3/c1-8(6-9-2-4-10(15)5-3-9)18-13(19)11-12(14(20)21)17-7-16-11/h2-5,7-8H,6H2,1H3,(H,16,17)(H,18,19)(H,20,21). The SMILES string of the molecule is CC(Cc1ccc(F)cc1)NC(=O)c1nc[nH]c1C(=O)O. The summed E-state index contributed by atoms with van der Waals surface area (Å²) in [6.07, 6.45) is 1.65. The van der Waals surface area contributed by atoms with Crippen molar-refractivity contribution in [3.63, 3.8) is 0 Å². The van der Waals surface area contributed by atoms with E-state index in [1.807, 2.05) is 0 Å². The minimum absolute atomic E-state index is 0.159. The van der Waals surface area contributed by atoms with Gasteiger partial charge in [0.1, 0.15) is 5.82 Å². The smallest absolute Gasteiger partial charge is 0.354 e. The van der Waals surface area contributed by atoms with E-state index < -0.39 is 11.9 Å². The summed E-state index contributed by atoms with van der Waals surface area (Å²) < 4.78 is 12.8. The summed E-state index contributed by atoms with van der Waals surface area (Å²) in [4.78, 5) is 29.0. The lowest BCUT2D eigenvalue weighted by atomic mass is 10.1. The van der Waals surface area contributed by atoms with Crippen LogP contribution in [0, 0.1) is 5.82 Å². The number of imidazole rings is 1. The van der Waals surface area contributed by atoms with Gasteiger partial charge in [0, 0.05) is 6.04 Å². The van der Waals surface area contributed by atoms with Gasteiger partial charge in [-0.1, -0.05) is 12.1 Å². The van der Waals surface area contributed by atoms with Crippen LogP contribution in [0.25, 0.3) is 0 Å². The molecule has 0 saturated heterocycles. The second kappa shape index (κ2) is 6.17. The van der Waals surface area contributed by atoms with Gasteiger partial charge in [0.25, 0.3) is 5.91 Å². The highest BCUT2D eigenvalue weighted by Crippen LogP contribution is 2.07. The third kappa shape index (κ3) is 3.65. The fraction of sp³-hybridized carbons (Fsp3) is 0.214. The maximum absolute atomic E-state index is 12.8. The maximum atomic E-state index is 12.8. The molecular weight excluding hydrogens is 277 g/mol. The van der Waals surface area contributed by atoms with Gasteiger partial charge < -0.3 is 15.4 Å². The normalized spacial score (nSPS) is 11.9. The molecule has 1 amide bonds. The number of amides is 1. The fourth-order valence-electron chi connectivity index (χ4n) is 1.95. The molecule has 1 heterocycles. The van der Waals surface area contributed by atoms with Crippen molar-refractivity contribution in [1.29, 1.82) is 0 Å². The van der Waals surface area contributed by atoms with Crippen molar-refractivity contribution in [2.75, 3.05) is 0 Å². The number of benzene rings is 1. The van der Waals surface area contributed by atoms with Gasteiger partial charge in [-0.2, -0.15) is 0 Å². The molecule has 1 aromatic heterocycles.